The van der Waals surface area contributed by atoms with Crippen LogP contribution in [-0.4, -0.2) is 55.5 Å². The summed E-state index contributed by atoms with van der Waals surface area (Å²) in [7, 11) is 1.55. The van der Waals surface area contributed by atoms with Gasteiger partial charge in [-0.15, -0.1) is 12.4 Å². The Kier molecular flexibility index (Phi) is 6.53. The van der Waals surface area contributed by atoms with Gasteiger partial charge < -0.3 is 24.4 Å². The van der Waals surface area contributed by atoms with Crippen molar-refractivity contribution in [3.05, 3.63) is 36.1 Å². The highest BCUT2D eigenvalue weighted by atomic mass is 35.5. The van der Waals surface area contributed by atoms with Gasteiger partial charge in [0.15, 0.2) is 0 Å². The zero-order valence-corrected chi connectivity index (χ0v) is 16.5. The molecular formula is C19H24ClFN4O3. The van der Waals surface area contributed by atoms with Crippen LogP contribution in [0.4, 0.5) is 10.3 Å². The summed E-state index contributed by atoms with van der Waals surface area (Å²) < 4.78 is 30.4. The lowest BCUT2D eigenvalue weighted by Crippen LogP contribution is -2.55. The maximum absolute atomic E-state index is 13.4. The topological polar surface area (TPSA) is 68.7 Å². The maximum atomic E-state index is 13.4. The van der Waals surface area contributed by atoms with E-state index in [0.717, 1.165) is 45.6 Å². The number of aromatic nitrogens is 2. The van der Waals surface area contributed by atoms with Crippen molar-refractivity contribution >= 4 is 18.4 Å². The molecule has 152 valence electrons. The summed E-state index contributed by atoms with van der Waals surface area (Å²) in [6, 6.07) is 7.53. The van der Waals surface area contributed by atoms with Crippen LogP contribution in [0.5, 0.6) is 17.5 Å². The molecule has 0 aliphatic carbocycles. The molecule has 2 aliphatic heterocycles. The highest BCUT2D eigenvalue weighted by Gasteiger charge is 2.37. The Morgan fingerprint density at radius 3 is 2.64 bits per heavy atom. The molecule has 1 aromatic carbocycles. The molecule has 2 aromatic rings. The first-order chi connectivity index (χ1) is 13.2. The molecule has 4 rings (SSSR count). The molecule has 9 heteroatoms. The van der Waals surface area contributed by atoms with Crippen molar-refractivity contribution in [2.24, 2.45) is 0 Å². The van der Waals surface area contributed by atoms with Gasteiger partial charge in [-0.2, -0.15) is 9.97 Å². The molecule has 0 unspecified atom stereocenters. The highest BCUT2D eigenvalue weighted by molar-refractivity contribution is 5.85. The number of hydrogen-bond donors (Lipinski definition) is 1. The van der Waals surface area contributed by atoms with Crippen LogP contribution in [0.1, 0.15) is 12.8 Å². The van der Waals surface area contributed by atoms with Gasteiger partial charge in [0.25, 0.3) is 0 Å². The number of halogens is 2. The molecule has 1 N–H and O–H groups in total. The Labute approximate surface area is 169 Å². The largest absolute Gasteiger partial charge is 0.481 e. The van der Waals surface area contributed by atoms with E-state index in [1.807, 2.05) is 0 Å². The van der Waals surface area contributed by atoms with Crippen LogP contribution in [0, 0.1) is 5.82 Å². The Morgan fingerprint density at radius 1 is 1.18 bits per heavy atom. The van der Waals surface area contributed by atoms with E-state index in [4.69, 9.17) is 14.2 Å². The van der Waals surface area contributed by atoms with Crippen LogP contribution in [0.15, 0.2) is 30.3 Å². The van der Waals surface area contributed by atoms with Crippen molar-refractivity contribution in [1.29, 1.82) is 0 Å². The van der Waals surface area contributed by atoms with Gasteiger partial charge in [0.05, 0.1) is 25.4 Å². The monoisotopic (exact) mass is 410 g/mol. The molecule has 3 heterocycles. The average Bonchev–Trinajstić information content (AvgIpc) is 2.69. The second-order valence-electron chi connectivity index (χ2n) is 6.80. The fourth-order valence-corrected chi connectivity index (χ4v) is 3.48. The minimum Gasteiger partial charge on any atom is -0.481 e. The summed E-state index contributed by atoms with van der Waals surface area (Å²) in [5.74, 6) is 1.28. The molecule has 0 amide bonds. The molecule has 7 nitrogen and oxygen atoms in total. The molecule has 28 heavy (non-hydrogen) atoms. The Hall–Kier alpha value is -2.16. The maximum Gasteiger partial charge on any atom is 0.231 e. The number of rotatable bonds is 4. The summed E-state index contributed by atoms with van der Waals surface area (Å²) in [6.07, 6.45) is 1.81. The first-order valence-electron chi connectivity index (χ1n) is 9.12. The Balaban J connectivity index is 0.00000225. The van der Waals surface area contributed by atoms with Crippen molar-refractivity contribution in [3.63, 3.8) is 0 Å². The number of hydrogen-bond acceptors (Lipinski definition) is 7. The van der Waals surface area contributed by atoms with E-state index in [2.05, 4.69) is 20.2 Å². The number of nitrogens with one attached hydrogen (secondary N) is 1. The molecule has 0 atom stereocenters. The lowest BCUT2D eigenvalue weighted by molar-refractivity contribution is -0.0801. The van der Waals surface area contributed by atoms with Crippen LogP contribution in [-0.2, 0) is 4.74 Å². The van der Waals surface area contributed by atoms with Gasteiger partial charge in [0, 0.05) is 32.2 Å². The molecule has 1 spiro atoms. The van der Waals surface area contributed by atoms with Gasteiger partial charge in [-0.25, -0.2) is 4.39 Å². The third kappa shape index (κ3) is 4.63. The minimum absolute atomic E-state index is 0. The number of piperidine rings is 1. The van der Waals surface area contributed by atoms with E-state index >= 15 is 0 Å². The molecule has 0 saturated carbocycles. The van der Waals surface area contributed by atoms with Crippen LogP contribution in [0.3, 0.4) is 0 Å². The zero-order valence-electron chi connectivity index (χ0n) is 15.7. The fraction of sp³-hybridized carbons (Fsp3) is 0.474. The van der Waals surface area contributed by atoms with Crippen LogP contribution in [0.2, 0.25) is 0 Å². The van der Waals surface area contributed by atoms with Gasteiger partial charge in [-0.3, -0.25) is 0 Å². The van der Waals surface area contributed by atoms with E-state index in [1.165, 1.54) is 12.1 Å². The van der Waals surface area contributed by atoms with E-state index < -0.39 is 0 Å². The summed E-state index contributed by atoms with van der Waals surface area (Å²) in [4.78, 5) is 11.0. The molecule has 2 fully saturated rings. The third-order valence-electron chi connectivity index (χ3n) is 4.99. The second-order valence-corrected chi connectivity index (χ2v) is 6.80. The Morgan fingerprint density at radius 2 is 1.96 bits per heavy atom. The second kappa shape index (κ2) is 8.89. The van der Waals surface area contributed by atoms with Crippen molar-refractivity contribution in [2.45, 2.75) is 18.4 Å². The number of benzene rings is 1. The lowest BCUT2D eigenvalue weighted by atomic mass is 9.90. The molecule has 2 saturated heterocycles. The van der Waals surface area contributed by atoms with E-state index in [0.29, 0.717) is 23.5 Å². The van der Waals surface area contributed by atoms with Crippen molar-refractivity contribution in [2.75, 3.05) is 44.8 Å². The first-order valence-corrected chi connectivity index (χ1v) is 9.12. The first kappa shape index (κ1) is 20.6. The number of morpholine rings is 1. The van der Waals surface area contributed by atoms with Crippen molar-refractivity contribution in [1.82, 2.24) is 15.3 Å². The molecule has 2 aliphatic rings. The summed E-state index contributed by atoms with van der Waals surface area (Å²) in [6.45, 7) is 4.11. The average molecular weight is 411 g/mol. The number of methoxy groups -OCH3 is 1. The minimum atomic E-state index is -0.365. The summed E-state index contributed by atoms with van der Waals surface area (Å²) in [5, 5.41) is 3.41. The van der Waals surface area contributed by atoms with Crippen molar-refractivity contribution in [3.8, 4) is 17.5 Å². The summed E-state index contributed by atoms with van der Waals surface area (Å²) >= 11 is 0. The van der Waals surface area contributed by atoms with Gasteiger partial charge in [0.1, 0.15) is 11.6 Å². The predicted octanol–water partition coefficient (Wildman–Crippen LogP) is 2.80. The third-order valence-corrected chi connectivity index (χ3v) is 4.99. The lowest BCUT2D eigenvalue weighted by Gasteiger charge is -2.44. The number of anilines is 1. The predicted molar refractivity (Wildman–Crippen MR) is 105 cm³/mol. The quantitative estimate of drug-likeness (QED) is 0.831. The SMILES string of the molecule is COc1cc(Oc2cccc(F)c2)nc(N2CCC3(CC2)CNCCO3)n1.Cl. The Bertz CT molecular complexity index is 794. The number of ether oxygens (including phenoxy) is 3. The van der Waals surface area contributed by atoms with Gasteiger partial charge in [-0.1, -0.05) is 6.07 Å². The molecular weight excluding hydrogens is 387 g/mol. The normalized spacial score (nSPS) is 18.4. The van der Waals surface area contributed by atoms with Gasteiger partial charge >= 0.3 is 0 Å². The summed E-state index contributed by atoms with van der Waals surface area (Å²) in [5.41, 5.74) is -0.0888. The fourth-order valence-electron chi connectivity index (χ4n) is 3.48. The standard InChI is InChI=1S/C19H23FN4O3.ClH/c1-25-16-12-17(27-15-4-2-3-14(20)11-15)23-18(22-16)24-8-5-19(6-9-24)13-21-7-10-26-19;/h2-4,11-12,21H,5-10,13H2,1H3;1H. The van der Waals surface area contributed by atoms with Crippen molar-refractivity contribution < 1.29 is 18.6 Å². The molecule has 0 bridgehead atoms. The smallest absolute Gasteiger partial charge is 0.231 e. The van der Waals surface area contributed by atoms with E-state index in [-0.39, 0.29) is 23.8 Å². The highest BCUT2D eigenvalue weighted by Crippen LogP contribution is 2.31. The van der Waals surface area contributed by atoms with E-state index in [9.17, 15) is 4.39 Å². The van der Waals surface area contributed by atoms with Gasteiger partial charge in [-0.05, 0) is 25.0 Å². The van der Waals surface area contributed by atoms with E-state index in [1.54, 1.807) is 25.3 Å². The number of nitrogens with zero attached hydrogens (tertiary/aromatic N) is 3. The van der Waals surface area contributed by atoms with Crippen LogP contribution >= 0.6 is 12.4 Å². The molecule has 0 radical (unpaired) electrons. The molecule has 1 aromatic heterocycles. The van der Waals surface area contributed by atoms with Crippen LogP contribution < -0.4 is 19.7 Å². The van der Waals surface area contributed by atoms with Gasteiger partial charge in [0.2, 0.25) is 17.7 Å². The van der Waals surface area contributed by atoms with Crippen LogP contribution in [0.25, 0.3) is 0 Å². The zero-order chi connectivity index (χ0) is 18.7.